The quantitative estimate of drug-likeness (QED) is 0.768. The van der Waals surface area contributed by atoms with Gasteiger partial charge in [0.15, 0.2) is 0 Å². The van der Waals surface area contributed by atoms with Gasteiger partial charge in [-0.25, -0.2) is 0 Å². The summed E-state index contributed by atoms with van der Waals surface area (Å²) in [5.74, 6) is 1.56. The van der Waals surface area contributed by atoms with E-state index in [1.165, 1.54) is 18.4 Å². The molecule has 1 aromatic carbocycles. The Bertz CT molecular complexity index is 455. The van der Waals surface area contributed by atoms with Gasteiger partial charge >= 0.3 is 0 Å². The molecular weight excluding hydrogens is 296 g/mol. The van der Waals surface area contributed by atoms with Crippen LogP contribution in [0.3, 0.4) is 0 Å². The van der Waals surface area contributed by atoms with Gasteiger partial charge in [0, 0.05) is 0 Å². The summed E-state index contributed by atoms with van der Waals surface area (Å²) in [6.45, 7) is 7.89. The summed E-state index contributed by atoms with van der Waals surface area (Å²) < 4.78 is 0. The number of halogens is 1. The number of hydrogen-bond donors (Lipinski definition) is 2. The van der Waals surface area contributed by atoms with Gasteiger partial charge in [0.2, 0.25) is 5.91 Å². The lowest BCUT2D eigenvalue weighted by molar-refractivity contribution is -0.120. The van der Waals surface area contributed by atoms with E-state index >= 15 is 0 Å². The van der Waals surface area contributed by atoms with Crippen LogP contribution in [0.4, 0.5) is 0 Å². The van der Waals surface area contributed by atoms with E-state index in [-0.39, 0.29) is 24.4 Å². The SMILES string of the molecule is CC(C)Cc1ccc(C(C)NC(=O)CNCC2CC2)cc1.Cl. The Balaban J connectivity index is 0.00000242. The Morgan fingerprint density at radius 2 is 1.82 bits per heavy atom. The van der Waals surface area contributed by atoms with Crippen molar-refractivity contribution < 1.29 is 4.79 Å². The molecule has 124 valence electrons. The van der Waals surface area contributed by atoms with Crippen molar-refractivity contribution in [3.8, 4) is 0 Å². The van der Waals surface area contributed by atoms with Crippen LogP contribution in [0, 0.1) is 11.8 Å². The van der Waals surface area contributed by atoms with E-state index in [9.17, 15) is 4.79 Å². The summed E-state index contributed by atoms with van der Waals surface area (Å²) in [6, 6.07) is 8.65. The average molecular weight is 325 g/mol. The van der Waals surface area contributed by atoms with Crippen LogP contribution in [0.2, 0.25) is 0 Å². The highest BCUT2D eigenvalue weighted by Gasteiger charge is 2.20. The number of carbonyl (C=O) groups is 1. The largest absolute Gasteiger partial charge is 0.348 e. The van der Waals surface area contributed by atoms with Crippen LogP contribution in [-0.2, 0) is 11.2 Å². The zero-order valence-electron chi connectivity index (χ0n) is 13.9. The van der Waals surface area contributed by atoms with Crippen molar-refractivity contribution in [2.75, 3.05) is 13.1 Å². The predicted octanol–water partition coefficient (Wildman–Crippen LogP) is 3.48. The van der Waals surface area contributed by atoms with Gasteiger partial charge in [0.1, 0.15) is 0 Å². The predicted molar refractivity (Wildman–Crippen MR) is 94.4 cm³/mol. The highest BCUT2D eigenvalue weighted by Crippen LogP contribution is 2.27. The van der Waals surface area contributed by atoms with Crippen molar-refractivity contribution in [1.82, 2.24) is 10.6 Å². The van der Waals surface area contributed by atoms with Gasteiger partial charge in [0.25, 0.3) is 0 Å². The van der Waals surface area contributed by atoms with Crippen LogP contribution in [-0.4, -0.2) is 19.0 Å². The summed E-state index contributed by atoms with van der Waals surface area (Å²) in [4.78, 5) is 11.9. The van der Waals surface area contributed by atoms with E-state index < -0.39 is 0 Å². The Kier molecular flexibility index (Phi) is 7.91. The molecule has 0 aromatic heterocycles. The van der Waals surface area contributed by atoms with Gasteiger partial charge in [0.05, 0.1) is 12.6 Å². The maximum absolute atomic E-state index is 11.9. The van der Waals surface area contributed by atoms with Crippen LogP contribution in [0.1, 0.15) is 50.8 Å². The third kappa shape index (κ3) is 6.80. The average Bonchev–Trinajstić information content (AvgIpc) is 3.23. The summed E-state index contributed by atoms with van der Waals surface area (Å²) in [6.07, 6.45) is 3.73. The van der Waals surface area contributed by atoms with Gasteiger partial charge in [-0.3, -0.25) is 4.79 Å². The lowest BCUT2D eigenvalue weighted by Crippen LogP contribution is -2.36. The monoisotopic (exact) mass is 324 g/mol. The molecule has 1 aromatic rings. The van der Waals surface area contributed by atoms with Crippen molar-refractivity contribution in [1.29, 1.82) is 0 Å². The zero-order valence-corrected chi connectivity index (χ0v) is 14.7. The molecule has 0 aliphatic heterocycles. The number of benzene rings is 1. The Morgan fingerprint density at radius 3 is 2.36 bits per heavy atom. The fourth-order valence-corrected chi connectivity index (χ4v) is 2.50. The molecule has 1 unspecified atom stereocenters. The van der Waals surface area contributed by atoms with Crippen LogP contribution in [0.25, 0.3) is 0 Å². The van der Waals surface area contributed by atoms with Gasteiger partial charge in [-0.2, -0.15) is 0 Å². The van der Waals surface area contributed by atoms with Gasteiger partial charge in [-0.1, -0.05) is 38.1 Å². The number of hydrogen-bond acceptors (Lipinski definition) is 2. The van der Waals surface area contributed by atoms with E-state index in [2.05, 4.69) is 48.7 Å². The van der Waals surface area contributed by atoms with E-state index in [1.54, 1.807) is 0 Å². The molecule has 0 spiro atoms. The third-order valence-electron chi connectivity index (χ3n) is 3.92. The number of carbonyl (C=O) groups excluding carboxylic acids is 1. The third-order valence-corrected chi connectivity index (χ3v) is 3.92. The smallest absolute Gasteiger partial charge is 0.234 e. The molecule has 1 fully saturated rings. The van der Waals surface area contributed by atoms with E-state index in [0.29, 0.717) is 12.5 Å². The highest BCUT2D eigenvalue weighted by molar-refractivity contribution is 5.85. The highest BCUT2D eigenvalue weighted by atomic mass is 35.5. The lowest BCUT2D eigenvalue weighted by atomic mass is 10.00. The summed E-state index contributed by atoms with van der Waals surface area (Å²) in [5, 5.41) is 6.27. The van der Waals surface area contributed by atoms with Crippen molar-refractivity contribution in [3.05, 3.63) is 35.4 Å². The Morgan fingerprint density at radius 1 is 1.18 bits per heavy atom. The van der Waals surface area contributed by atoms with Crippen molar-refractivity contribution in [2.45, 2.75) is 46.1 Å². The number of rotatable bonds is 8. The first-order chi connectivity index (χ1) is 10.0. The molecule has 1 aliphatic carbocycles. The lowest BCUT2D eigenvalue weighted by Gasteiger charge is -2.15. The number of nitrogens with one attached hydrogen (secondary N) is 2. The molecule has 0 bridgehead atoms. The molecule has 2 rings (SSSR count). The molecule has 1 atom stereocenters. The molecule has 0 radical (unpaired) electrons. The second-order valence-corrected chi connectivity index (χ2v) is 6.70. The van der Waals surface area contributed by atoms with Crippen LogP contribution < -0.4 is 10.6 Å². The van der Waals surface area contributed by atoms with Crippen LogP contribution in [0.5, 0.6) is 0 Å². The second-order valence-electron chi connectivity index (χ2n) is 6.70. The maximum atomic E-state index is 11.9. The molecule has 1 aliphatic rings. The second kappa shape index (κ2) is 9.16. The molecule has 22 heavy (non-hydrogen) atoms. The van der Waals surface area contributed by atoms with Crippen LogP contribution >= 0.6 is 12.4 Å². The standard InChI is InChI=1S/C18H28N2O.ClH/c1-13(2)10-15-6-8-17(9-7-15)14(3)20-18(21)12-19-11-16-4-5-16;/h6-9,13-14,16,19H,4-5,10-12H2,1-3H3,(H,20,21);1H. The first-order valence-corrected chi connectivity index (χ1v) is 8.13. The Hall–Kier alpha value is -1.06. The molecule has 2 N–H and O–H groups in total. The van der Waals surface area contributed by atoms with Gasteiger partial charge < -0.3 is 10.6 Å². The van der Waals surface area contributed by atoms with E-state index in [1.807, 2.05) is 6.92 Å². The molecule has 1 saturated carbocycles. The minimum atomic E-state index is 0. The topological polar surface area (TPSA) is 41.1 Å². The van der Waals surface area contributed by atoms with Crippen molar-refractivity contribution >= 4 is 18.3 Å². The molecule has 3 nitrogen and oxygen atoms in total. The number of amides is 1. The normalized spacial score (nSPS) is 15.3. The van der Waals surface area contributed by atoms with Crippen LogP contribution in [0.15, 0.2) is 24.3 Å². The first-order valence-electron chi connectivity index (χ1n) is 8.13. The van der Waals surface area contributed by atoms with Crippen molar-refractivity contribution in [3.63, 3.8) is 0 Å². The molecule has 1 amide bonds. The molecule has 0 saturated heterocycles. The molecular formula is C18H29ClN2O. The molecule has 4 heteroatoms. The van der Waals surface area contributed by atoms with E-state index in [0.717, 1.165) is 24.4 Å². The minimum absolute atomic E-state index is 0. The zero-order chi connectivity index (χ0) is 15.2. The van der Waals surface area contributed by atoms with Gasteiger partial charge in [-0.15, -0.1) is 12.4 Å². The maximum Gasteiger partial charge on any atom is 0.234 e. The first kappa shape index (κ1) is 19.0. The summed E-state index contributed by atoms with van der Waals surface area (Å²) >= 11 is 0. The Labute approximate surface area is 140 Å². The van der Waals surface area contributed by atoms with Crippen molar-refractivity contribution in [2.24, 2.45) is 11.8 Å². The molecule has 0 heterocycles. The fourth-order valence-electron chi connectivity index (χ4n) is 2.50. The fraction of sp³-hybridized carbons (Fsp3) is 0.611. The minimum Gasteiger partial charge on any atom is -0.348 e. The summed E-state index contributed by atoms with van der Waals surface area (Å²) in [5.41, 5.74) is 2.52. The summed E-state index contributed by atoms with van der Waals surface area (Å²) in [7, 11) is 0. The van der Waals surface area contributed by atoms with Gasteiger partial charge in [-0.05, 0) is 55.7 Å². The van der Waals surface area contributed by atoms with E-state index in [4.69, 9.17) is 0 Å².